The molecular weight excluding hydrogens is 354 g/mol. The van der Waals surface area contributed by atoms with E-state index in [0.29, 0.717) is 16.3 Å². The molecule has 0 saturated heterocycles. The Morgan fingerprint density at radius 2 is 1.79 bits per heavy atom. The fourth-order valence-electron chi connectivity index (χ4n) is 1.96. The van der Waals surface area contributed by atoms with Crippen molar-refractivity contribution >= 4 is 33.3 Å². The predicted octanol–water partition coefficient (Wildman–Crippen LogP) is 3.38. The van der Waals surface area contributed by atoms with Crippen LogP contribution in [0.2, 0.25) is 5.02 Å². The number of hydrogen-bond acceptors (Lipinski definition) is 5. The van der Waals surface area contributed by atoms with Gasteiger partial charge in [0.25, 0.3) is 0 Å². The number of benzene rings is 2. The first-order valence-electron chi connectivity index (χ1n) is 6.89. The number of amides is 1. The lowest BCUT2D eigenvalue weighted by Crippen LogP contribution is -2.12. The van der Waals surface area contributed by atoms with Gasteiger partial charge in [-0.2, -0.15) is 8.42 Å². The Hall–Kier alpha value is -2.25. The summed E-state index contributed by atoms with van der Waals surface area (Å²) < 4.78 is 35.2. The summed E-state index contributed by atoms with van der Waals surface area (Å²) in [7, 11) is -2.76. The second kappa shape index (κ2) is 7.11. The molecule has 0 bridgehead atoms. The van der Waals surface area contributed by atoms with Gasteiger partial charge in [-0.15, -0.1) is 0 Å². The van der Waals surface area contributed by atoms with Crippen LogP contribution in [-0.2, 0) is 14.9 Å². The molecule has 2 rings (SSSR count). The smallest absolute Gasteiger partial charge is 0.342 e. The van der Waals surface area contributed by atoms with E-state index >= 15 is 0 Å². The van der Waals surface area contributed by atoms with Crippen LogP contribution in [0.4, 0.5) is 5.69 Å². The highest BCUT2D eigenvalue weighted by atomic mass is 35.5. The van der Waals surface area contributed by atoms with Gasteiger partial charge in [0, 0.05) is 17.6 Å². The van der Waals surface area contributed by atoms with Gasteiger partial charge in [-0.25, -0.2) is 0 Å². The van der Waals surface area contributed by atoms with Crippen LogP contribution in [0.1, 0.15) is 12.5 Å². The Balaban J connectivity index is 2.32. The molecule has 0 saturated carbocycles. The van der Waals surface area contributed by atoms with Crippen molar-refractivity contribution in [3.8, 4) is 11.5 Å². The third-order valence-electron chi connectivity index (χ3n) is 3.09. The summed E-state index contributed by atoms with van der Waals surface area (Å²) in [4.78, 5) is 10.8. The van der Waals surface area contributed by atoms with Crippen molar-refractivity contribution in [3.63, 3.8) is 0 Å². The molecule has 0 radical (unpaired) electrons. The fourth-order valence-corrected chi connectivity index (χ4v) is 3.29. The number of nitrogens with one attached hydrogen (secondary N) is 1. The number of aryl methyl sites for hydroxylation is 1. The van der Waals surface area contributed by atoms with E-state index in [4.69, 9.17) is 20.5 Å². The van der Waals surface area contributed by atoms with Crippen LogP contribution in [0.3, 0.4) is 0 Å². The van der Waals surface area contributed by atoms with Crippen LogP contribution >= 0.6 is 11.6 Å². The number of methoxy groups -OCH3 is 1. The lowest BCUT2D eigenvalue weighted by atomic mass is 10.2. The summed E-state index contributed by atoms with van der Waals surface area (Å²) >= 11 is 6.01. The van der Waals surface area contributed by atoms with Gasteiger partial charge in [0.15, 0.2) is 0 Å². The summed E-state index contributed by atoms with van der Waals surface area (Å²) in [5.74, 6) is 0.0185. The van der Waals surface area contributed by atoms with Crippen LogP contribution in [0, 0.1) is 6.92 Å². The summed E-state index contributed by atoms with van der Waals surface area (Å²) in [6.07, 6.45) is 0. The van der Waals surface area contributed by atoms with Gasteiger partial charge in [-0.1, -0.05) is 11.6 Å². The SMILES string of the molecule is COc1cc(C)c(Cl)cc1S(=O)(=O)Oc1ccc(NC(C)=O)cc1. The van der Waals surface area contributed by atoms with Gasteiger partial charge in [0.2, 0.25) is 5.91 Å². The lowest BCUT2D eigenvalue weighted by molar-refractivity contribution is -0.114. The molecule has 0 spiro atoms. The Kier molecular flexibility index (Phi) is 5.36. The van der Waals surface area contributed by atoms with Crippen molar-refractivity contribution in [3.05, 3.63) is 47.0 Å². The van der Waals surface area contributed by atoms with Crippen molar-refractivity contribution in [2.24, 2.45) is 0 Å². The van der Waals surface area contributed by atoms with Crippen molar-refractivity contribution in [1.82, 2.24) is 0 Å². The zero-order valence-electron chi connectivity index (χ0n) is 13.3. The maximum Gasteiger partial charge on any atom is 0.342 e. The van der Waals surface area contributed by atoms with Gasteiger partial charge < -0.3 is 14.2 Å². The molecule has 0 aliphatic rings. The van der Waals surface area contributed by atoms with E-state index in [1.165, 1.54) is 50.4 Å². The molecule has 0 atom stereocenters. The second-order valence-corrected chi connectivity index (χ2v) is 6.92. The van der Waals surface area contributed by atoms with Crippen LogP contribution in [-0.4, -0.2) is 21.4 Å². The Bertz CT molecular complexity index is 863. The van der Waals surface area contributed by atoms with Crippen LogP contribution < -0.4 is 14.2 Å². The molecule has 6 nitrogen and oxygen atoms in total. The molecule has 24 heavy (non-hydrogen) atoms. The number of carbonyl (C=O) groups excluding carboxylic acids is 1. The molecule has 2 aromatic carbocycles. The van der Waals surface area contributed by atoms with Crippen molar-refractivity contribution in [2.75, 3.05) is 12.4 Å². The molecular formula is C16H16ClNO5S. The third kappa shape index (κ3) is 4.18. The molecule has 1 amide bonds. The van der Waals surface area contributed by atoms with Gasteiger partial charge in [-0.05, 0) is 48.9 Å². The highest BCUT2D eigenvalue weighted by Gasteiger charge is 2.23. The monoisotopic (exact) mass is 369 g/mol. The molecule has 2 aromatic rings. The number of carbonyl (C=O) groups is 1. The van der Waals surface area contributed by atoms with Gasteiger partial charge >= 0.3 is 10.1 Å². The van der Waals surface area contributed by atoms with Crippen molar-refractivity contribution in [2.45, 2.75) is 18.7 Å². The normalized spacial score (nSPS) is 11.0. The average molecular weight is 370 g/mol. The largest absolute Gasteiger partial charge is 0.495 e. The fraction of sp³-hybridized carbons (Fsp3) is 0.188. The summed E-state index contributed by atoms with van der Waals surface area (Å²) in [5, 5.41) is 2.87. The number of rotatable bonds is 5. The average Bonchev–Trinajstić information content (AvgIpc) is 2.50. The van der Waals surface area contributed by atoms with E-state index in [0.717, 1.165) is 0 Å². The summed E-state index contributed by atoms with van der Waals surface area (Å²) in [5.41, 5.74) is 1.22. The first-order chi connectivity index (χ1) is 11.2. The molecule has 0 fully saturated rings. The molecule has 1 N–H and O–H groups in total. The predicted molar refractivity (Wildman–Crippen MR) is 91.3 cm³/mol. The highest BCUT2D eigenvalue weighted by molar-refractivity contribution is 7.87. The topological polar surface area (TPSA) is 81.7 Å². The molecule has 0 unspecified atom stereocenters. The molecule has 128 valence electrons. The molecule has 0 aliphatic heterocycles. The minimum absolute atomic E-state index is 0.0999. The molecule has 0 heterocycles. The van der Waals surface area contributed by atoms with E-state index in [9.17, 15) is 13.2 Å². The van der Waals surface area contributed by atoms with Crippen molar-refractivity contribution in [1.29, 1.82) is 0 Å². The van der Waals surface area contributed by atoms with E-state index in [1.807, 2.05) is 0 Å². The minimum atomic E-state index is -4.13. The third-order valence-corrected chi connectivity index (χ3v) is 4.77. The lowest BCUT2D eigenvalue weighted by Gasteiger charge is -2.12. The quantitative estimate of drug-likeness (QED) is 0.817. The first-order valence-corrected chi connectivity index (χ1v) is 8.68. The zero-order chi connectivity index (χ0) is 17.9. The Labute approximate surface area is 145 Å². The number of anilines is 1. The summed E-state index contributed by atoms with van der Waals surface area (Å²) in [6.45, 7) is 3.12. The van der Waals surface area contributed by atoms with Crippen LogP contribution in [0.15, 0.2) is 41.3 Å². The number of hydrogen-bond donors (Lipinski definition) is 1. The zero-order valence-corrected chi connectivity index (χ0v) is 14.9. The first kappa shape index (κ1) is 18.1. The van der Waals surface area contributed by atoms with Gasteiger partial charge in [-0.3, -0.25) is 4.79 Å². The maximum atomic E-state index is 12.5. The van der Waals surface area contributed by atoms with E-state index in [1.54, 1.807) is 6.92 Å². The van der Waals surface area contributed by atoms with E-state index < -0.39 is 10.1 Å². The van der Waals surface area contributed by atoms with E-state index in [-0.39, 0.29) is 22.3 Å². The standard InChI is InChI=1S/C16H16ClNO5S/c1-10-8-15(22-3)16(9-14(10)17)24(20,21)23-13-6-4-12(5-7-13)18-11(2)19/h4-9H,1-3H3,(H,18,19). The molecule has 0 aromatic heterocycles. The van der Waals surface area contributed by atoms with Crippen LogP contribution in [0.25, 0.3) is 0 Å². The number of halogens is 1. The second-order valence-electron chi connectivity index (χ2n) is 5.00. The highest BCUT2D eigenvalue weighted by Crippen LogP contribution is 2.32. The van der Waals surface area contributed by atoms with Gasteiger partial charge in [0.05, 0.1) is 7.11 Å². The Morgan fingerprint density at radius 1 is 1.17 bits per heavy atom. The minimum Gasteiger partial charge on any atom is -0.495 e. The van der Waals surface area contributed by atoms with E-state index in [2.05, 4.69) is 5.32 Å². The van der Waals surface area contributed by atoms with Crippen LogP contribution in [0.5, 0.6) is 11.5 Å². The molecule has 0 aliphatic carbocycles. The Morgan fingerprint density at radius 3 is 2.33 bits per heavy atom. The maximum absolute atomic E-state index is 12.5. The van der Waals surface area contributed by atoms with Gasteiger partial charge in [0.1, 0.15) is 16.4 Å². The number of ether oxygens (including phenoxy) is 1. The molecule has 8 heteroatoms. The van der Waals surface area contributed by atoms with Crippen molar-refractivity contribution < 1.29 is 22.1 Å². The summed E-state index contributed by atoms with van der Waals surface area (Å²) in [6, 6.07) is 8.75.